The van der Waals surface area contributed by atoms with Crippen molar-refractivity contribution < 1.29 is 28.6 Å². The van der Waals surface area contributed by atoms with E-state index in [1.165, 1.54) is 238 Å². The third-order valence-electron chi connectivity index (χ3n) is 15.9. The fraction of sp³-hybridized carbons (Fsp3) is 0.803. The molecule has 0 aromatic rings. The van der Waals surface area contributed by atoms with Gasteiger partial charge in [-0.25, -0.2) is 0 Å². The van der Waals surface area contributed by atoms with Gasteiger partial charge in [0.25, 0.3) is 0 Å². The molecule has 476 valence electrons. The Hall–Kier alpha value is -3.15. The highest BCUT2D eigenvalue weighted by Gasteiger charge is 2.19. The molecular weight excluding hydrogens is 1010 g/mol. The molecule has 0 saturated carbocycles. The van der Waals surface area contributed by atoms with Crippen LogP contribution in [0.3, 0.4) is 0 Å². The van der Waals surface area contributed by atoms with Crippen LogP contribution in [-0.4, -0.2) is 37.2 Å². The minimum atomic E-state index is -0.781. The second-order valence-electron chi connectivity index (χ2n) is 24.1. The van der Waals surface area contributed by atoms with E-state index in [0.29, 0.717) is 19.3 Å². The van der Waals surface area contributed by atoms with E-state index in [9.17, 15) is 14.4 Å². The number of carbonyl (C=O) groups excluding carboxylic acids is 3. The maximum absolute atomic E-state index is 12.9. The van der Waals surface area contributed by atoms with Gasteiger partial charge in [0.1, 0.15) is 13.2 Å². The fourth-order valence-electron chi connectivity index (χ4n) is 10.5. The number of hydrogen-bond acceptors (Lipinski definition) is 6. The smallest absolute Gasteiger partial charge is 0.306 e. The molecule has 0 aromatic carbocycles. The SMILES string of the molecule is CCCCC/C=C\C/C=C\C/C=C\CCCCCCCCC(=O)OC(COC(=O)CCCCCCCCCCCCCCCC)COC(=O)CCCCCCCCCCCCCCCCCC/C=C\C/C=C\C/C=C\CCCCCCC. The van der Waals surface area contributed by atoms with Crippen molar-refractivity contribution in [2.24, 2.45) is 0 Å². The lowest BCUT2D eigenvalue weighted by atomic mass is 10.0. The summed E-state index contributed by atoms with van der Waals surface area (Å²) in [6, 6.07) is 0. The summed E-state index contributed by atoms with van der Waals surface area (Å²) in [4.78, 5) is 38.4. The van der Waals surface area contributed by atoms with Crippen molar-refractivity contribution in [3.63, 3.8) is 0 Å². The van der Waals surface area contributed by atoms with Crippen LogP contribution < -0.4 is 0 Å². The van der Waals surface area contributed by atoms with E-state index >= 15 is 0 Å². The first-order valence-electron chi connectivity index (χ1n) is 35.9. The molecule has 0 bridgehead atoms. The van der Waals surface area contributed by atoms with Crippen LogP contribution in [-0.2, 0) is 28.6 Å². The molecule has 6 heteroatoms. The van der Waals surface area contributed by atoms with Crippen LogP contribution in [0.4, 0.5) is 0 Å². The normalized spacial score (nSPS) is 12.5. The van der Waals surface area contributed by atoms with E-state index in [1.807, 2.05) is 0 Å². The third-order valence-corrected chi connectivity index (χ3v) is 15.9. The Bertz CT molecular complexity index is 1500. The quantitative estimate of drug-likeness (QED) is 0.0261. The molecule has 0 amide bonds. The molecule has 0 aromatic heterocycles. The van der Waals surface area contributed by atoms with Crippen molar-refractivity contribution in [1.82, 2.24) is 0 Å². The monoisotopic (exact) mass is 1150 g/mol. The Kier molecular flexibility index (Phi) is 67.6. The second-order valence-corrected chi connectivity index (χ2v) is 24.1. The molecule has 1 unspecified atom stereocenters. The van der Waals surface area contributed by atoms with E-state index in [1.54, 1.807) is 0 Å². The Morgan fingerprint density at radius 2 is 0.439 bits per heavy atom. The number of carbonyl (C=O) groups is 3. The lowest BCUT2D eigenvalue weighted by Gasteiger charge is -2.18. The molecule has 0 heterocycles. The molecular formula is C76H136O6. The van der Waals surface area contributed by atoms with E-state index in [4.69, 9.17) is 14.2 Å². The van der Waals surface area contributed by atoms with E-state index in [2.05, 4.69) is 93.7 Å². The number of hydrogen-bond donors (Lipinski definition) is 0. The number of allylic oxidation sites excluding steroid dienone is 12. The van der Waals surface area contributed by atoms with Gasteiger partial charge in [-0.15, -0.1) is 0 Å². The van der Waals surface area contributed by atoms with Crippen LogP contribution in [0.15, 0.2) is 72.9 Å². The highest BCUT2D eigenvalue weighted by molar-refractivity contribution is 5.71. The third kappa shape index (κ3) is 67.6. The van der Waals surface area contributed by atoms with Crippen LogP contribution in [0, 0.1) is 0 Å². The molecule has 0 saturated heterocycles. The Morgan fingerprint density at radius 1 is 0.244 bits per heavy atom. The summed E-state index contributed by atoms with van der Waals surface area (Å²) in [6.45, 7) is 6.64. The molecule has 0 aliphatic rings. The van der Waals surface area contributed by atoms with Gasteiger partial charge in [0.15, 0.2) is 6.10 Å². The van der Waals surface area contributed by atoms with E-state index in [0.717, 1.165) is 96.3 Å². The summed E-state index contributed by atoms with van der Waals surface area (Å²) in [5.41, 5.74) is 0. The predicted molar refractivity (Wildman–Crippen MR) is 358 cm³/mol. The van der Waals surface area contributed by atoms with Gasteiger partial charge in [0.2, 0.25) is 0 Å². The van der Waals surface area contributed by atoms with Gasteiger partial charge in [-0.05, 0) is 96.3 Å². The minimum Gasteiger partial charge on any atom is -0.462 e. The summed E-state index contributed by atoms with van der Waals surface area (Å²) in [5.74, 6) is -0.867. The average molecular weight is 1150 g/mol. The van der Waals surface area contributed by atoms with Crippen molar-refractivity contribution in [2.75, 3.05) is 13.2 Å². The summed E-state index contributed by atoms with van der Waals surface area (Å²) < 4.78 is 17.0. The van der Waals surface area contributed by atoms with Crippen LogP contribution in [0.2, 0.25) is 0 Å². The number of rotatable bonds is 66. The van der Waals surface area contributed by atoms with Gasteiger partial charge in [0.05, 0.1) is 0 Å². The Morgan fingerprint density at radius 3 is 0.707 bits per heavy atom. The molecule has 1 atom stereocenters. The van der Waals surface area contributed by atoms with Gasteiger partial charge in [-0.1, -0.05) is 331 Å². The summed E-state index contributed by atoms with van der Waals surface area (Å²) in [7, 11) is 0. The molecule has 0 spiro atoms. The van der Waals surface area contributed by atoms with Gasteiger partial charge >= 0.3 is 17.9 Å². The van der Waals surface area contributed by atoms with Crippen molar-refractivity contribution in [2.45, 2.75) is 380 Å². The highest BCUT2D eigenvalue weighted by atomic mass is 16.6. The molecule has 0 aliphatic carbocycles. The first-order valence-corrected chi connectivity index (χ1v) is 35.9. The van der Waals surface area contributed by atoms with Gasteiger partial charge in [-0.2, -0.15) is 0 Å². The molecule has 0 fully saturated rings. The van der Waals surface area contributed by atoms with Crippen LogP contribution >= 0.6 is 0 Å². The molecule has 0 N–H and O–H groups in total. The maximum atomic E-state index is 12.9. The predicted octanol–water partition coefficient (Wildman–Crippen LogP) is 24.8. The van der Waals surface area contributed by atoms with Crippen LogP contribution in [0.25, 0.3) is 0 Å². The lowest BCUT2D eigenvalue weighted by Crippen LogP contribution is -2.30. The van der Waals surface area contributed by atoms with Crippen LogP contribution in [0.1, 0.15) is 374 Å². The number of unbranched alkanes of at least 4 members (excludes halogenated alkanes) is 43. The summed E-state index contributed by atoms with van der Waals surface area (Å²) >= 11 is 0. The van der Waals surface area contributed by atoms with Gasteiger partial charge in [0, 0.05) is 19.3 Å². The molecule has 0 aliphatic heterocycles. The average Bonchev–Trinajstić information content (AvgIpc) is 3.47. The Labute approximate surface area is 510 Å². The van der Waals surface area contributed by atoms with Gasteiger partial charge < -0.3 is 14.2 Å². The maximum Gasteiger partial charge on any atom is 0.306 e. The minimum absolute atomic E-state index is 0.0761. The summed E-state index contributed by atoms with van der Waals surface area (Å²) in [5, 5.41) is 0. The van der Waals surface area contributed by atoms with Crippen molar-refractivity contribution in [3.8, 4) is 0 Å². The van der Waals surface area contributed by atoms with Crippen molar-refractivity contribution >= 4 is 17.9 Å². The van der Waals surface area contributed by atoms with Crippen molar-refractivity contribution in [3.05, 3.63) is 72.9 Å². The topological polar surface area (TPSA) is 78.9 Å². The largest absolute Gasteiger partial charge is 0.462 e. The van der Waals surface area contributed by atoms with Crippen molar-refractivity contribution in [1.29, 1.82) is 0 Å². The van der Waals surface area contributed by atoms with Gasteiger partial charge in [-0.3, -0.25) is 14.4 Å². The van der Waals surface area contributed by atoms with E-state index in [-0.39, 0.29) is 31.1 Å². The first kappa shape index (κ1) is 78.8. The second kappa shape index (κ2) is 70.3. The molecule has 82 heavy (non-hydrogen) atoms. The molecule has 0 radical (unpaired) electrons. The van der Waals surface area contributed by atoms with Crippen LogP contribution in [0.5, 0.6) is 0 Å². The summed E-state index contributed by atoms with van der Waals surface area (Å²) in [6.07, 6.45) is 92.1. The lowest BCUT2D eigenvalue weighted by molar-refractivity contribution is -0.167. The zero-order chi connectivity index (χ0) is 59.2. The Balaban J connectivity index is 4.23. The first-order chi connectivity index (χ1) is 40.5. The zero-order valence-corrected chi connectivity index (χ0v) is 54.8. The molecule has 0 rings (SSSR count). The standard InChI is InChI=1S/C76H136O6/c1-4-7-10-13-16-19-22-25-28-30-32-33-34-35-36-37-38-39-40-41-42-43-45-46-48-51-54-57-60-63-66-69-75(78)81-72-73(71-80-74(77)68-65-62-59-56-53-50-27-24-21-18-15-12-9-6-3)82-76(79)70-67-64-61-58-55-52-49-47-44-31-29-26-23-20-17-14-11-8-5-2/h17,20,22,25-26,29-30,32,34-35,44,47,73H,4-16,18-19,21,23-24,27-28,31,33,36-43,45-46,48-72H2,1-3H3/b20-17-,25-22-,29-26-,32-30-,35-34-,47-44-. The molecule has 6 nitrogen and oxygen atoms in total. The van der Waals surface area contributed by atoms with E-state index < -0.39 is 6.10 Å². The zero-order valence-electron chi connectivity index (χ0n) is 54.8. The fourth-order valence-corrected chi connectivity index (χ4v) is 10.5. The number of ether oxygens (including phenoxy) is 3. The highest BCUT2D eigenvalue weighted by Crippen LogP contribution is 2.18. The number of esters is 3.